The van der Waals surface area contributed by atoms with E-state index in [0.29, 0.717) is 32.6 Å². The lowest BCUT2D eigenvalue weighted by Gasteiger charge is -2.27. The van der Waals surface area contributed by atoms with Gasteiger partial charge in [-0.3, -0.25) is 4.90 Å². The van der Waals surface area contributed by atoms with E-state index < -0.39 is 16.0 Å². The van der Waals surface area contributed by atoms with E-state index in [9.17, 15) is 13.2 Å². The van der Waals surface area contributed by atoms with Crippen molar-refractivity contribution in [3.8, 4) is 5.75 Å². The Kier molecular flexibility index (Phi) is 6.66. The molecule has 0 spiro atoms. The van der Waals surface area contributed by atoms with Crippen molar-refractivity contribution in [1.82, 2.24) is 9.21 Å². The maximum Gasteiger partial charge on any atom is 0.340 e. The van der Waals surface area contributed by atoms with Gasteiger partial charge in [0, 0.05) is 43.2 Å². The molecule has 0 unspecified atom stereocenters. The van der Waals surface area contributed by atoms with Crippen LogP contribution in [0, 0.1) is 0 Å². The van der Waals surface area contributed by atoms with Crippen molar-refractivity contribution in [3.63, 3.8) is 0 Å². The van der Waals surface area contributed by atoms with Crippen LogP contribution in [-0.2, 0) is 34.3 Å². The fourth-order valence-corrected chi connectivity index (χ4v) is 7.94. The highest BCUT2D eigenvalue weighted by Gasteiger charge is 2.37. The van der Waals surface area contributed by atoms with Crippen LogP contribution >= 0.6 is 11.3 Å². The molecule has 0 bridgehead atoms. The molecule has 0 atom stereocenters. The Labute approximate surface area is 187 Å². The first-order valence-corrected chi connectivity index (χ1v) is 12.8. The van der Waals surface area contributed by atoms with Crippen LogP contribution in [-0.4, -0.2) is 57.4 Å². The normalized spacial score (nSPS) is 17.9. The molecule has 0 radical (unpaired) electrons. The molecule has 3 heterocycles. The number of para-hydroxylation sites is 1. The summed E-state index contributed by atoms with van der Waals surface area (Å²) < 4.78 is 38.9. The van der Waals surface area contributed by atoms with Crippen molar-refractivity contribution < 1.29 is 22.7 Å². The summed E-state index contributed by atoms with van der Waals surface area (Å²) in [6.07, 6.45) is 3.35. The van der Waals surface area contributed by atoms with Gasteiger partial charge < -0.3 is 9.47 Å². The zero-order valence-electron chi connectivity index (χ0n) is 17.9. The number of carbonyl (C=O) groups excluding carboxylic acids is 1. The zero-order valence-corrected chi connectivity index (χ0v) is 19.6. The van der Waals surface area contributed by atoms with Gasteiger partial charge in [-0.05, 0) is 30.9 Å². The summed E-state index contributed by atoms with van der Waals surface area (Å²) in [4.78, 5) is 15.8. The van der Waals surface area contributed by atoms with Crippen LogP contribution in [0.3, 0.4) is 0 Å². The number of sulfonamides is 1. The third kappa shape index (κ3) is 4.37. The Balaban J connectivity index is 1.66. The van der Waals surface area contributed by atoms with E-state index >= 15 is 0 Å². The first-order chi connectivity index (χ1) is 15.0. The maximum absolute atomic E-state index is 13.4. The lowest BCUT2D eigenvalue weighted by atomic mass is 10.0. The molecule has 2 aliphatic heterocycles. The van der Waals surface area contributed by atoms with Crippen LogP contribution in [0.15, 0.2) is 28.5 Å². The van der Waals surface area contributed by atoms with Gasteiger partial charge in [-0.1, -0.05) is 24.6 Å². The summed E-state index contributed by atoms with van der Waals surface area (Å²) in [7, 11) is -0.751. The smallest absolute Gasteiger partial charge is 0.340 e. The zero-order chi connectivity index (χ0) is 22.0. The molecule has 0 aliphatic carbocycles. The first-order valence-electron chi connectivity index (χ1n) is 10.5. The number of nitrogens with zero attached hydrogens (tertiary/aromatic N) is 2. The summed E-state index contributed by atoms with van der Waals surface area (Å²) in [5.41, 5.74) is 2.15. The van der Waals surface area contributed by atoms with Crippen molar-refractivity contribution in [2.24, 2.45) is 0 Å². The van der Waals surface area contributed by atoms with Gasteiger partial charge in [0.25, 0.3) is 10.0 Å². The second kappa shape index (κ2) is 9.28. The fraction of sp³-hybridized carbons (Fsp3) is 0.500. The van der Waals surface area contributed by atoms with Gasteiger partial charge >= 0.3 is 5.97 Å². The minimum atomic E-state index is -3.72. The largest absolute Gasteiger partial charge is 0.496 e. The summed E-state index contributed by atoms with van der Waals surface area (Å²) >= 11 is 1.23. The van der Waals surface area contributed by atoms with E-state index in [1.54, 1.807) is 7.11 Å². The van der Waals surface area contributed by atoms with Crippen molar-refractivity contribution in [1.29, 1.82) is 0 Å². The van der Waals surface area contributed by atoms with Crippen LogP contribution in [0.1, 0.15) is 45.6 Å². The molecular formula is C22H28N2O5S2. The predicted molar refractivity (Wildman–Crippen MR) is 119 cm³/mol. The Bertz CT molecular complexity index is 1060. The van der Waals surface area contributed by atoms with Crippen LogP contribution in [0.5, 0.6) is 5.75 Å². The number of ether oxygens (including phenoxy) is 2. The highest BCUT2D eigenvalue weighted by molar-refractivity contribution is 7.91. The fourth-order valence-electron chi connectivity index (χ4n) is 4.35. The summed E-state index contributed by atoms with van der Waals surface area (Å²) in [6, 6.07) is 7.90. The van der Waals surface area contributed by atoms with E-state index in [1.807, 2.05) is 24.3 Å². The minimum absolute atomic E-state index is 0.144. The molecule has 2 aromatic rings. The minimum Gasteiger partial charge on any atom is -0.496 e. The second-order valence-corrected chi connectivity index (χ2v) is 11.1. The molecule has 7 nitrogen and oxygen atoms in total. The molecule has 168 valence electrons. The highest BCUT2D eigenvalue weighted by atomic mass is 32.2. The summed E-state index contributed by atoms with van der Waals surface area (Å²) in [6.45, 7) is 3.03. The molecule has 31 heavy (non-hydrogen) atoms. The summed E-state index contributed by atoms with van der Waals surface area (Å²) in [5, 5.41) is 0. The molecule has 0 N–H and O–H groups in total. The number of rotatable bonds is 6. The molecule has 4 rings (SSSR count). The van der Waals surface area contributed by atoms with Gasteiger partial charge in [0.05, 0.1) is 19.8 Å². The van der Waals surface area contributed by atoms with Gasteiger partial charge in [0.2, 0.25) is 0 Å². The number of fused-ring (bicyclic) bond motifs is 1. The maximum atomic E-state index is 13.4. The lowest BCUT2D eigenvalue weighted by molar-refractivity contribution is 0.0595. The number of thiophene rings is 1. The molecule has 1 aromatic carbocycles. The number of hydrogen-bond donors (Lipinski definition) is 0. The second-order valence-electron chi connectivity index (χ2n) is 7.90. The average molecular weight is 465 g/mol. The molecule has 0 saturated carbocycles. The molecule has 1 saturated heterocycles. The molecule has 9 heteroatoms. The number of methoxy groups -OCH3 is 2. The number of piperidine rings is 1. The van der Waals surface area contributed by atoms with E-state index in [2.05, 4.69) is 4.90 Å². The topological polar surface area (TPSA) is 76.2 Å². The van der Waals surface area contributed by atoms with Gasteiger partial charge in [-0.15, -0.1) is 11.3 Å². The quantitative estimate of drug-likeness (QED) is 0.611. The van der Waals surface area contributed by atoms with Crippen molar-refractivity contribution >= 4 is 27.3 Å². The Morgan fingerprint density at radius 3 is 2.55 bits per heavy atom. The summed E-state index contributed by atoms with van der Waals surface area (Å²) in [5.74, 6) is 0.273. The number of esters is 1. The van der Waals surface area contributed by atoms with E-state index in [4.69, 9.17) is 9.47 Å². The van der Waals surface area contributed by atoms with E-state index in [0.717, 1.165) is 47.6 Å². The monoisotopic (exact) mass is 464 g/mol. The van der Waals surface area contributed by atoms with Crippen LogP contribution in [0.2, 0.25) is 0 Å². The highest BCUT2D eigenvalue weighted by Crippen LogP contribution is 2.39. The lowest BCUT2D eigenvalue weighted by Crippen LogP contribution is -2.36. The van der Waals surface area contributed by atoms with E-state index in [-0.39, 0.29) is 9.77 Å². The van der Waals surface area contributed by atoms with Crippen molar-refractivity contribution in [2.45, 2.75) is 43.0 Å². The van der Waals surface area contributed by atoms with Gasteiger partial charge in [-0.2, -0.15) is 4.31 Å². The average Bonchev–Trinajstić information content (AvgIpc) is 3.19. The van der Waals surface area contributed by atoms with Gasteiger partial charge in [-0.25, -0.2) is 13.2 Å². The van der Waals surface area contributed by atoms with Gasteiger partial charge in [0.1, 0.15) is 9.96 Å². The van der Waals surface area contributed by atoms with Crippen LogP contribution < -0.4 is 4.74 Å². The SMILES string of the molecule is COC(=O)c1c(S(=O)(=O)N2CCCCC2)sc2c1CCN(Cc1ccccc1OC)C2. The Morgan fingerprint density at radius 2 is 1.84 bits per heavy atom. The molecule has 0 amide bonds. The number of hydrogen-bond acceptors (Lipinski definition) is 7. The predicted octanol–water partition coefficient (Wildman–Crippen LogP) is 3.28. The molecule has 1 aromatic heterocycles. The third-order valence-corrected chi connectivity index (χ3v) is 9.58. The molecule has 1 fully saturated rings. The molecule has 2 aliphatic rings. The first kappa shape index (κ1) is 22.3. The van der Waals surface area contributed by atoms with Crippen molar-refractivity contribution in [3.05, 3.63) is 45.8 Å². The van der Waals surface area contributed by atoms with Gasteiger partial charge in [0.15, 0.2) is 0 Å². The number of benzene rings is 1. The Morgan fingerprint density at radius 1 is 1.10 bits per heavy atom. The number of carbonyl (C=O) groups is 1. The van der Waals surface area contributed by atoms with Crippen LogP contribution in [0.25, 0.3) is 0 Å². The van der Waals surface area contributed by atoms with Crippen molar-refractivity contribution in [2.75, 3.05) is 33.9 Å². The standard InChI is InChI=1S/C22H28N2O5S2/c1-28-18-9-5-4-8-16(18)14-23-13-10-17-19(15-23)30-22(20(17)21(25)29-2)31(26,27)24-11-6-3-7-12-24/h4-5,8-9H,3,6-7,10-15H2,1-2H3. The Hall–Kier alpha value is -1.94. The van der Waals surface area contributed by atoms with Crippen LogP contribution in [0.4, 0.5) is 0 Å². The molecular weight excluding hydrogens is 436 g/mol. The third-order valence-electron chi connectivity index (χ3n) is 5.97. The van der Waals surface area contributed by atoms with E-state index in [1.165, 1.54) is 22.8 Å².